The summed E-state index contributed by atoms with van der Waals surface area (Å²) in [5.41, 5.74) is 0. The third kappa shape index (κ3) is 5.18. The van der Waals surface area contributed by atoms with Crippen LogP contribution in [0.5, 0.6) is 0 Å². The molecular formula is C8H19NO2. The largest absolute Gasteiger partial charge is 0.353 e. The van der Waals surface area contributed by atoms with Crippen molar-refractivity contribution in [2.75, 3.05) is 20.7 Å². The summed E-state index contributed by atoms with van der Waals surface area (Å²) in [7, 11) is 3.95. The highest BCUT2D eigenvalue weighted by Gasteiger charge is 2.08. The highest BCUT2D eigenvalue weighted by Crippen LogP contribution is 2.00. The van der Waals surface area contributed by atoms with E-state index in [9.17, 15) is 0 Å². The second kappa shape index (κ2) is 5.52. The van der Waals surface area contributed by atoms with E-state index in [0.717, 1.165) is 0 Å². The van der Waals surface area contributed by atoms with Crippen LogP contribution in [0, 0.1) is 0 Å². The maximum atomic E-state index is 5.46. The van der Waals surface area contributed by atoms with Crippen molar-refractivity contribution in [1.29, 1.82) is 0 Å². The fourth-order valence-electron chi connectivity index (χ4n) is 0.673. The summed E-state index contributed by atoms with van der Waals surface area (Å²) in [6, 6.07) is 0. The standard InChI is InChI=1S/C8H19NO2/c1-6-10-8(3)11-7(2)9(4)5/h7-8H,6H2,1-5H3. The van der Waals surface area contributed by atoms with Gasteiger partial charge in [0.25, 0.3) is 0 Å². The summed E-state index contributed by atoms with van der Waals surface area (Å²) in [6.07, 6.45) is -0.00560. The zero-order valence-electron chi connectivity index (χ0n) is 8.13. The first kappa shape index (κ1) is 10.9. The van der Waals surface area contributed by atoms with Crippen LogP contribution in [0.4, 0.5) is 0 Å². The SMILES string of the molecule is CCOC(C)OC(C)N(C)C. The molecule has 0 spiro atoms. The van der Waals surface area contributed by atoms with Crippen LogP contribution >= 0.6 is 0 Å². The molecule has 0 aromatic carbocycles. The Bertz CT molecular complexity index is 96.1. The van der Waals surface area contributed by atoms with E-state index < -0.39 is 0 Å². The summed E-state index contributed by atoms with van der Waals surface area (Å²) in [5.74, 6) is 0. The van der Waals surface area contributed by atoms with Gasteiger partial charge in [-0.3, -0.25) is 4.90 Å². The molecule has 2 unspecified atom stereocenters. The fourth-order valence-corrected chi connectivity index (χ4v) is 0.673. The number of nitrogens with zero attached hydrogens (tertiary/aromatic N) is 1. The van der Waals surface area contributed by atoms with E-state index >= 15 is 0 Å². The van der Waals surface area contributed by atoms with Gasteiger partial charge in [0.15, 0.2) is 6.29 Å². The lowest BCUT2D eigenvalue weighted by Crippen LogP contribution is -2.31. The summed E-state index contributed by atoms with van der Waals surface area (Å²) in [6.45, 7) is 6.56. The van der Waals surface area contributed by atoms with Gasteiger partial charge < -0.3 is 9.47 Å². The van der Waals surface area contributed by atoms with Crippen LogP contribution in [0.25, 0.3) is 0 Å². The van der Waals surface area contributed by atoms with Crippen molar-refractivity contribution in [3.63, 3.8) is 0 Å². The van der Waals surface area contributed by atoms with E-state index in [1.54, 1.807) is 0 Å². The molecule has 0 saturated heterocycles. The molecule has 0 heterocycles. The lowest BCUT2D eigenvalue weighted by atomic mass is 10.6. The predicted octanol–water partition coefficient (Wildman–Crippen LogP) is 1.29. The first-order valence-electron chi connectivity index (χ1n) is 4.01. The Morgan fingerprint density at radius 3 is 2.18 bits per heavy atom. The monoisotopic (exact) mass is 161 g/mol. The summed E-state index contributed by atoms with van der Waals surface area (Å²) in [5, 5.41) is 0. The molecule has 0 aliphatic heterocycles. The van der Waals surface area contributed by atoms with Crippen molar-refractivity contribution in [2.45, 2.75) is 33.3 Å². The normalized spacial score (nSPS) is 16.9. The van der Waals surface area contributed by atoms with E-state index in [-0.39, 0.29) is 12.5 Å². The van der Waals surface area contributed by atoms with Gasteiger partial charge in [-0.2, -0.15) is 0 Å². The highest BCUT2D eigenvalue weighted by molar-refractivity contribution is 4.44. The minimum Gasteiger partial charge on any atom is -0.353 e. The van der Waals surface area contributed by atoms with Gasteiger partial charge in [-0.1, -0.05) is 0 Å². The van der Waals surface area contributed by atoms with Crippen LogP contribution in [0.1, 0.15) is 20.8 Å². The van der Waals surface area contributed by atoms with Crippen LogP contribution in [0.15, 0.2) is 0 Å². The van der Waals surface area contributed by atoms with Crippen molar-refractivity contribution in [2.24, 2.45) is 0 Å². The zero-order valence-corrected chi connectivity index (χ0v) is 8.13. The van der Waals surface area contributed by atoms with E-state index in [2.05, 4.69) is 0 Å². The second-order valence-corrected chi connectivity index (χ2v) is 2.72. The molecule has 0 aliphatic rings. The van der Waals surface area contributed by atoms with Gasteiger partial charge in [-0.05, 0) is 34.9 Å². The Hall–Kier alpha value is -0.120. The second-order valence-electron chi connectivity index (χ2n) is 2.72. The van der Waals surface area contributed by atoms with E-state index in [0.29, 0.717) is 6.61 Å². The topological polar surface area (TPSA) is 21.7 Å². The molecule has 0 aromatic rings. The van der Waals surface area contributed by atoms with E-state index in [1.165, 1.54) is 0 Å². The van der Waals surface area contributed by atoms with Gasteiger partial charge in [0.05, 0.1) is 0 Å². The third-order valence-electron chi connectivity index (χ3n) is 1.52. The number of ether oxygens (including phenoxy) is 2. The fraction of sp³-hybridized carbons (Fsp3) is 1.00. The lowest BCUT2D eigenvalue weighted by Gasteiger charge is -2.23. The average Bonchev–Trinajstić information content (AvgIpc) is 1.87. The van der Waals surface area contributed by atoms with E-state index in [1.807, 2.05) is 39.8 Å². The van der Waals surface area contributed by atoms with Crippen LogP contribution < -0.4 is 0 Å². The molecule has 0 fully saturated rings. The Morgan fingerprint density at radius 2 is 1.82 bits per heavy atom. The molecule has 3 nitrogen and oxygen atoms in total. The number of rotatable bonds is 5. The molecule has 0 N–H and O–H groups in total. The van der Waals surface area contributed by atoms with Crippen molar-refractivity contribution < 1.29 is 9.47 Å². The Kier molecular flexibility index (Phi) is 5.46. The van der Waals surface area contributed by atoms with Crippen LogP contribution in [-0.4, -0.2) is 38.1 Å². The molecule has 0 amide bonds. The zero-order chi connectivity index (χ0) is 8.85. The molecule has 0 rings (SSSR count). The van der Waals surface area contributed by atoms with E-state index in [4.69, 9.17) is 9.47 Å². The molecule has 68 valence electrons. The minimum absolute atomic E-state index is 0.108. The molecule has 0 bridgehead atoms. The Labute approximate surface area is 69.3 Å². The average molecular weight is 161 g/mol. The Balaban J connectivity index is 3.48. The van der Waals surface area contributed by atoms with Crippen LogP contribution in [0.2, 0.25) is 0 Å². The quantitative estimate of drug-likeness (QED) is 0.567. The predicted molar refractivity (Wildman–Crippen MR) is 45.3 cm³/mol. The van der Waals surface area contributed by atoms with Crippen molar-refractivity contribution >= 4 is 0 Å². The van der Waals surface area contributed by atoms with Gasteiger partial charge in [0, 0.05) is 6.61 Å². The number of hydrogen-bond donors (Lipinski definition) is 0. The van der Waals surface area contributed by atoms with Crippen LogP contribution in [0.3, 0.4) is 0 Å². The molecule has 0 saturated carbocycles. The van der Waals surface area contributed by atoms with Crippen LogP contribution in [-0.2, 0) is 9.47 Å². The molecule has 0 aromatic heterocycles. The first-order valence-corrected chi connectivity index (χ1v) is 4.01. The third-order valence-corrected chi connectivity index (χ3v) is 1.52. The molecule has 3 heteroatoms. The summed E-state index contributed by atoms with van der Waals surface area (Å²) >= 11 is 0. The van der Waals surface area contributed by atoms with Gasteiger partial charge >= 0.3 is 0 Å². The molecule has 0 aliphatic carbocycles. The summed E-state index contributed by atoms with van der Waals surface area (Å²) in [4.78, 5) is 2.00. The molecule has 0 radical (unpaired) electrons. The van der Waals surface area contributed by atoms with Gasteiger partial charge in [-0.25, -0.2) is 0 Å². The molecule has 2 atom stereocenters. The maximum Gasteiger partial charge on any atom is 0.156 e. The van der Waals surface area contributed by atoms with Gasteiger partial charge in [-0.15, -0.1) is 0 Å². The number of hydrogen-bond acceptors (Lipinski definition) is 3. The van der Waals surface area contributed by atoms with Gasteiger partial charge in [0.1, 0.15) is 6.23 Å². The molecule has 11 heavy (non-hydrogen) atoms. The smallest absolute Gasteiger partial charge is 0.156 e. The molecular weight excluding hydrogens is 142 g/mol. The Morgan fingerprint density at radius 1 is 1.27 bits per heavy atom. The van der Waals surface area contributed by atoms with Crippen molar-refractivity contribution in [1.82, 2.24) is 4.90 Å². The summed E-state index contributed by atoms with van der Waals surface area (Å²) < 4.78 is 10.7. The highest BCUT2D eigenvalue weighted by atomic mass is 16.7. The first-order chi connectivity index (χ1) is 5.07. The maximum absolute atomic E-state index is 5.46. The minimum atomic E-state index is -0.114. The van der Waals surface area contributed by atoms with Crippen molar-refractivity contribution in [3.05, 3.63) is 0 Å². The van der Waals surface area contributed by atoms with Gasteiger partial charge in [0.2, 0.25) is 0 Å². The van der Waals surface area contributed by atoms with Crippen molar-refractivity contribution in [3.8, 4) is 0 Å². The lowest BCUT2D eigenvalue weighted by molar-refractivity contribution is -0.182.